The van der Waals surface area contributed by atoms with Crippen LogP contribution in [0, 0.1) is 5.92 Å². The van der Waals surface area contributed by atoms with Gasteiger partial charge in [-0.3, -0.25) is 0 Å². The average molecular weight is 223 g/mol. The number of ether oxygens (including phenoxy) is 1. The van der Waals surface area contributed by atoms with Crippen molar-refractivity contribution in [3.63, 3.8) is 0 Å². The third kappa shape index (κ3) is 2.03. The molecule has 0 aromatic rings. The Bertz CT molecular complexity index is 315. The number of nitrogens with two attached hydrogens (primary N) is 1. The van der Waals surface area contributed by atoms with Gasteiger partial charge in [0.2, 0.25) is 0 Å². The predicted molar refractivity (Wildman–Crippen MR) is 69.1 cm³/mol. The fourth-order valence-electron chi connectivity index (χ4n) is 2.69. The summed E-state index contributed by atoms with van der Waals surface area (Å²) < 4.78 is 6.10. The topological polar surface area (TPSA) is 35.2 Å². The van der Waals surface area contributed by atoms with Gasteiger partial charge in [-0.1, -0.05) is 26.8 Å². The first-order valence-electron chi connectivity index (χ1n) is 6.26. The predicted octanol–water partition coefficient (Wildman–Crippen LogP) is 3.39. The van der Waals surface area contributed by atoms with Crippen molar-refractivity contribution in [1.29, 1.82) is 0 Å². The van der Waals surface area contributed by atoms with Gasteiger partial charge in [-0.15, -0.1) is 0 Å². The average Bonchev–Trinajstić information content (AvgIpc) is 2.27. The molecule has 0 aromatic carbocycles. The molecule has 0 unspecified atom stereocenters. The van der Waals surface area contributed by atoms with Crippen LogP contribution in [0.3, 0.4) is 0 Å². The maximum absolute atomic E-state index is 6.20. The van der Waals surface area contributed by atoms with Gasteiger partial charge in [0.1, 0.15) is 0 Å². The summed E-state index contributed by atoms with van der Waals surface area (Å²) in [5, 5.41) is 0. The molecule has 92 valence electrons. The second kappa shape index (κ2) is 5.05. The minimum absolute atomic E-state index is 0.182. The molecule has 16 heavy (non-hydrogen) atoms. The van der Waals surface area contributed by atoms with Crippen molar-refractivity contribution in [3.8, 4) is 0 Å². The maximum Gasteiger partial charge on any atom is 0.0970 e. The first-order chi connectivity index (χ1) is 7.49. The van der Waals surface area contributed by atoms with Gasteiger partial charge in [0.05, 0.1) is 12.2 Å². The van der Waals surface area contributed by atoms with E-state index in [0.717, 1.165) is 25.1 Å². The quantitative estimate of drug-likeness (QED) is 0.796. The van der Waals surface area contributed by atoms with Crippen LogP contribution in [0.2, 0.25) is 0 Å². The van der Waals surface area contributed by atoms with Crippen LogP contribution in [0.15, 0.2) is 22.9 Å². The van der Waals surface area contributed by atoms with Crippen molar-refractivity contribution in [2.75, 3.05) is 6.61 Å². The van der Waals surface area contributed by atoms with Crippen LogP contribution in [0.25, 0.3) is 0 Å². The molecule has 2 heteroatoms. The lowest BCUT2D eigenvalue weighted by atomic mass is 9.75. The first-order valence-corrected chi connectivity index (χ1v) is 6.26. The molecule has 2 nitrogen and oxygen atoms in total. The van der Waals surface area contributed by atoms with Crippen molar-refractivity contribution in [3.05, 3.63) is 22.9 Å². The van der Waals surface area contributed by atoms with Gasteiger partial charge in [0.25, 0.3) is 0 Å². The molecule has 0 amide bonds. The highest BCUT2D eigenvalue weighted by Gasteiger charge is 2.41. The highest BCUT2D eigenvalue weighted by molar-refractivity contribution is 5.42. The molecule has 2 N–H and O–H groups in total. The van der Waals surface area contributed by atoms with E-state index in [4.69, 9.17) is 10.5 Å². The standard InChI is InChI=1S/C14H25NO/c1-6-11(5)13-12(15)8-9-16-14(13,7-2)10(3)4/h6,10H,7-9,15H2,1-5H3/b11-6-/t14-/m1/s1. The fraction of sp³-hybridized carbons (Fsp3) is 0.714. The second-order valence-corrected chi connectivity index (χ2v) is 4.87. The van der Waals surface area contributed by atoms with Crippen LogP contribution >= 0.6 is 0 Å². The van der Waals surface area contributed by atoms with Gasteiger partial charge < -0.3 is 10.5 Å². The summed E-state index contributed by atoms with van der Waals surface area (Å²) in [6.07, 6.45) is 3.96. The Morgan fingerprint density at radius 3 is 2.62 bits per heavy atom. The van der Waals surface area contributed by atoms with Crippen LogP contribution < -0.4 is 5.73 Å². The van der Waals surface area contributed by atoms with Crippen LogP contribution in [0.5, 0.6) is 0 Å². The summed E-state index contributed by atoms with van der Waals surface area (Å²) in [6, 6.07) is 0. The molecule has 1 atom stereocenters. The molecule has 0 fully saturated rings. The van der Waals surface area contributed by atoms with Crippen molar-refractivity contribution in [2.24, 2.45) is 11.7 Å². The van der Waals surface area contributed by atoms with E-state index in [9.17, 15) is 0 Å². The summed E-state index contributed by atoms with van der Waals surface area (Å²) in [4.78, 5) is 0. The van der Waals surface area contributed by atoms with Crippen molar-refractivity contribution in [1.82, 2.24) is 0 Å². The van der Waals surface area contributed by atoms with E-state index < -0.39 is 0 Å². The Morgan fingerprint density at radius 2 is 2.19 bits per heavy atom. The maximum atomic E-state index is 6.20. The normalized spacial score (nSPS) is 27.8. The number of hydrogen-bond acceptors (Lipinski definition) is 2. The fourth-order valence-corrected chi connectivity index (χ4v) is 2.69. The zero-order valence-corrected chi connectivity index (χ0v) is 11.3. The van der Waals surface area contributed by atoms with E-state index in [0.29, 0.717) is 5.92 Å². The highest BCUT2D eigenvalue weighted by atomic mass is 16.5. The largest absolute Gasteiger partial charge is 0.402 e. The molecule has 0 radical (unpaired) electrons. The zero-order chi connectivity index (χ0) is 12.3. The lowest BCUT2D eigenvalue weighted by Gasteiger charge is -2.43. The minimum atomic E-state index is -0.182. The Kier molecular flexibility index (Phi) is 4.20. The molecule has 0 spiro atoms. The summed E-state index contributed by atoms with van der Waals surface area (Å²) in [5.41, 5.74) is 9.53. The number of rotatable bonds is 3. The second-order valence-electron chi connectivity index (χ2n) is 4.87. The highest BCUT2D eigenvalue weighted by Crippen LogP contribution is 2.41. The third-order valence-electron chi connectivity index (χ3n) is 3.76. The molecule has 1 rings (SSSR count). The van der Waals surface area contributed by atoms with Gasteiger partial charge in [-0.25, -0.2) is 0 Å². The molecule has 0 bridgehead atoms. The number of hydrogen-bond donors (Lipinski definition) is 1. The first kappa shape index (κ1) is 13.3. The Balaban J connectivity index is 3.31. The Morgan fingerprint density at radius 1 is 1.56 bits per heavy atom. The SMILES string of the molecule is C/C=C(/C)C1=C(N)CCO[C@]1(CC)C(C)C. The molecule has 1 aliphatic rings. The number of allylic oxidation sites excluding steroid dienone is 1. The smallest absolute Gasteiger partial charge is 0.0970 e. The van der Waals surface area contributed by atoms with Gasteiger partial charge in [0, 0.05) is 17.7 Å². The third-order valence-corrected chi connectivity index (χ3v) is 3.76. The van der Waals surface area contributed by atoms with Crippen LogP contribution in [-0.2, 0) is 4.74 Å². The van der Waals surface area contributed by atoms with Crippen molar-refractivity contribution in [2.45, 2.75) is 53.1 Å². The molecule has 1 heterocycles. The van der Waals surface area contributed by atoms with Crippen LogP contribution in [-0.4, -0.2) is 12.2 Å². The van der Waals surface area contributed by atoms with E-state index in [1.807, 2.05) is 0 Å². The molecule has 0 aromatic heterocycles. The van der Waals surface area contributed by atoms with Crippen molar-refractivity contribution < 1.29 is 4.74 Å². The molecule has 0 aliphatic carbocycles. The summed E-state index contributed by atoms with van der Waals surface area (Å²) >= 11 is 0. The zero-order valence-electron chi connectivity index (χ0n) is 11.3. The van der Waals surface area contributed by atoms with E-state index in [1.165, 1.54) is 11.1 Å². The van der Waals surface area contributed by atoms with Crippen molar-refractivity contribution >= 4 is 0 Å². The van der Waals surface area contributed by atoms with Crippen LogP contribution in [0.4, 0.5) is 0 Å². The van der Waals surface area contributed by atoms with E-state index >= 15 is 0 Å². The van der Waals surface area contributed by atoms with E-state index in [2.05, 4.69) is 40.7 Å². The Hall–Kier alpha value is -0.760. The van der Waals surface area contributed by atoms with Crippen LogP contribution in [0.1, 0.15) is 47.5 Å². The van der Waals surface area contributed by atoms with E-state index in [-0.39, 0.29) is 5.60 Å². The molecular formula is C14H25NO. The van der Waals surface area contributed by atoms with Gasteiger partial charge >= 0.3 is 0 Å². The van der Waals surface area contributed by atoms with Gasteiger partial charge in [0.15, 0.2) is 0 Å². The molecular weight excluding hydrogens is 198 g/mol. The lowest BCUT2D eigenvalue weighted by Crippen LogP contribution is -2.45. The minimum Gasteiger partial charge on any atom is -0.402 e. The van der Waals surface area contributed by atoms with Gasteiger partial charge in [-0.05, 0) is 31.8 Å². The summed E-state index contributed by atoms with van der Waals surface area (Å²) in [7, 11) is 0. The molecule has 0 saturated heterocycles. The Labute approximate surface area is 99.6 Å². The van der Waals surface area contributed by atoms with Gasteiger partial charge in [-0.2, -0.15) is 0 Å². The molecule has 1 aliphatic heterocycles. The monoisotopic (exact) mass is 223 g/mol. The summed E-state index contributed by atoms with van der Waals surface area (Å²) in [6.45, 7) is 11.5. The summed E-state index contributed by atoms with van der Waals surface area (Å²) in [5.74, 6) is 0.446. The molecule has 0 saturated carbocycles. The lowest BCUT2D eigenvalue weighted by molar-refractivity contribution is -0.0598. The van der Waals surface area contributed by atoms with E-state index in [1.54, 1.807) is 0 Å².